The van der Waals surface area contributed by atoms with Crippen molar-refractivity contribution >= 4 is 39.9 Å². The van der Waals surface area contributed by atoms with E-state index in [0.717, 1.165) is 71.6 Å². The smallest absolute Gasteiger partial charge is 0.179 e. The summed E-state index contributed by atoms with van der Waals surface area (Å²) in [5.74, 6) is 0.936. The van der Waals surface area contributed by atoms with Crippen molar-refractivity contribution in [1.82, 2.24) is 29.9 Å². The summed E-state index contributed by atoms with van der Waals surface area (Å²) in [5.41, 5.74) is 3.50. The van der Waals surface area contributed by atoms with Crippen molar-refractivity contribution in [1.29, 1.82) is 0 Å². The standard InChI is InChI=1S/C21H21N7OS/c1-2-17(30-15-3-7-22-20-18(15)24-13-25-20)27-19-14(1)26-16(11-23-19)28-8-4-21(5-9-28)6-10-29-12-21/h1-3,7,11,13H,4-6,8-10,12H2,(H,22,24,25). The van der Waals surface area contributed by atoms with Crippen molar-refractivity contribution in [3.05, 3.63) is 36.9 Å². The maximum atomic E-state index is 5.64. The topological polar surface area (TPSA) is 92.7 Å². The van der Waals surface area contributed by atoms with E-state index in [2.05, 4.69) is 24.8 Å². The van der Waals surface area contributed by atoms with Crippen LogP contribution < -0.4 is 4.90 Å². The van der Waals surface area contributed by atoms with Gasteiger partial charge in [0.2, 0.25) is 0 Å². The lowest BCUT2D eigenvalue weighted by molar-refractivity contribution is 0.133. The molecule has 4 aromatic heterocycles. The monoisotopic (exact) mass is 419 g/mol. The largest absolute Gasteiger partial charge is 0.381 e. The maximum absolute atomic E-state index is 5.64. The number of hydrogen-bond donors (Lipinski definition) is 1. The Bertz CT molecular complexity index is 1210. The first-order chi connectivity index (χ1) is 14.8. The van der Waals surface area contributed by atoms with Crippen LogP contribution in [0, 0.1) is 5.41 Å². The van der Waals surface area contributed by atoms with Gasteiger partial charge in [-0.15, -0.1) is 0 Å². The quantitative estimate of drug-likeness (QED) is 0.540. The van der Waals surface area contributed by atoms with Gasteiger partial charge in [0, 0.05) is 30.8 Å². The molecule has 6 rings (SSSR count). The molecular formula is C21H21N7OS. The third kappa shape index (κ3) is 3.18. The lowest BCUT2D eigenvalue weighted by Crippen LogP contribution is -2.40. The molecule has 6 heterocycles. The van der Waals surface area contributed by atoms with Crippen LogP contribution in [0.15, 0.2) is 46.8 Å². The first-order valence-corrected chi connectivity index (χ1v) is 11.0. The molecule has 9 heteroatoms. The van der Waals surface area contributed by atoms with Crippen LogP contribution >= 0.6 is 11.8 Å². The highest BCUT2D eigenvalue weighted by molar-refractivity contribution is 7.99. The number of nitrogens with zero attached hydrogens (tertiary/aromatic N) is 6. The number of fused-ring (bicyclic) bond motifs is 2. The van der Waals surface area contributed by atoms with Gasteiger partial charge in [-0.05, 0) is 42.9 Å². The van der Waals surface area contributed by atoms with Crippen LogP contribution in [0.25, 0.3) is 22.3 Å². The van der Waals surface area contributed by atoms with Crippen molar-refractivity contribution in [2.45, 2.75) is 29.2 Å². The van der Waals surface area contributed by atoms with Crippen molar-refractivity contribution in [2.24, 2.45) is 5.41 Å². The third-order valence-electron chi connectivity index (χ3n) is 6.20. The zero-order valence-corrected chi connectivity index (χ0v) is 17.2. The van der Waals surface area contributed by atoms with Crippen LogP contribution in [-0.2, 0) is 4.74 Å². The number of imidazole rings is 1. The minimum absolute atomic E-state index is 0.390. The van der Waals surface area contributed by atoms with Crippen LogP contribution in [-0.4, -0.2) is 56.2 Å². The predicted octanol–water partition coefficient (Wildman–Crippen LogP) is 3.45. The molecule has 2 saturated heterocycles. The van der Waals surface area contributed by atoms with Gasteiger partial charge in [-0.3, -0.25) is 0 Å². The third-order valence-corrected chi connectivity index (χ3v) is 7.18. The number of piperidine rings is 1. The van der Waals surface area contributed by atoms with E-state index in [9.17, 15) is 0 Å². The van der Waals surface area contributed by atoms with Crippen molar-refractivity contribution in [3.8, 4) is 0 Å². The van der Waals surface area contributed by atoms with Crippen LogP contribution in [0.5, 0.6) is 0 Å². The van der Waals surface area contributed by atoms with Gasteiger partial charge in [0.1, 0.15) is 21.9 Å². The van der Waals surface area contributed by atoms with E-state index < -0.39 is 0 Å². The molecule has 1 N–H and O–H groups in total. The minimum Gasteiger partial charge on any atom is -0.381 e. The molecule has 0 bridgehead atoms. The summed E-state index contributed by atoms with van der Waals surface area (Å²) in [4.78, 5) is 29.2. The Hall–Kier alpha value is -2.78. The molecule has 0 amide bonds. The van der Waals surface area contributed by atoms with E-state index in [4.69, 9.17) is 14.7 Å². The van der Waals surface area contributed by atoms with Crippen molar-refractivity contribution < 1.29 is 4.74 Å². The predicted molar refractivity (Wildman–Crippen MR) is 115 cm³/mol. The van der Waals surface area contributed by atoms with E-state index >= 15 is 0 Å². The molecule has 0 unspecified atom stereocenters. The first-order valence-electron chi connectivity index (χ1n) is 10.2. The molecule has 2 fully saturated rings. The molecule has 0 aromatic carbocycles. The second-order valence-corrected chi connectivity index (χ2v) is 9.08. The Labute approximate surface area is 177 Å². The molecular weight excluding hydrogens is 398 g/mol. The lowest BCUT2D eigenvalue weighted by Gasteiger charge is -2.38. The van der Waals surface area contributed by atoms with Gasteiger partial charge in [-0.1, -0.05) is 11.8 Å². The van der Waals surface area contributed by atoms with Gasteiger partial charge in [0.15, 0.2) is 11.3 Å². The van der Waals surface area contributed by atoms with Gasteiger partial charge < -0.3 is 14.6 Å². The van der Waals surface area contributed by atoms with Gasteiger partial charge in [-0.2, -0.15) is 0 Å². The summed E-state index contributed by atoms with van der Waals surface area (Å²) >= 11 is 1.56. The first kappa shape index (κ1) is 18.0. The summed E-state index contributed by atoms with van der Waals surface area (Å²) in [7, 11) is 0. The number of pyridine rings is 2. The zero-order chi connectivity index (χ0) is 20.0. The average molecular weight is 420 g/mol. The summed E-state index contributed by atoms with van der Waals surface area (Å²) in [5, 5.41) is 0.862. The molecule has 8 nitrogen and oxygen atoms in total. The molecule has 0 atom stereocenters. The van der Waals surface area contributed by atoms with Gasteiger partial charge in [0.25, 0.3) is 0 Å². The second-order valence-electron chi connectivity index (χ2n) is 8.02. The van der Waals surface area contributed by atoms with Gasteiger partial charge in [-0.25, -0.2) is 24.9 Å². The van der Waals surface area contributed by atoms with E-state index in [1.54, 1.807) is 24.3 Å². The molecule has 2 aliphatic heterocycles. The molecule has 152 valence electrons. The Morgan fingerprint density at radius 2 is 1.97 bits per heavy atom. The zero-order valence-electron chi connectivity index (χ0n) is 16.4. The molecule has 0 radical (unpaired) electrons. The number of nitrogens with one attached hydrogen (secondary N) is 1. The highest BCUT2D eigenvalue weighted by atomic mass is 32.2. The van der Waals surface area contributed by atoms with E-state index in [1.165, 1.54) is 6.42 Å². The normalized spacial score (nSPS) is 18.6. The Balaban J connectivity index is 1.23. The molecule has 0 saturated carbocycles. The van der Waals surface area contributed by atoms with Crippen LogP contribution in [0.2, 0.25) is 0 Å². The van der Waals surface area contributed by atoms with Crippen molar-refractivity contribution in [2.75, 3.05) is 31.2 Å². The number of anilines is 1. The number of aromatic nitrogens is 6. The Morgan fingerprint density at radius 1 is 1.03 bits per heavy atom. The molecule has 4 aromatic rings. The van der Waals surface area contributed by atoms with E-state index in [-0.39, 0.29) is 0 Å². The van der Waals surface area contributed by atoms with Crippen LogP contribution in [0.1, 0.15) is 19.3 Å². The average Bonchev–Trinajstić information content (AvgIpc) is 3.44. The second kappa shape index (κ2) is 7.17. The summed E-state index contributed by atoms with van der Waals surface area (Å²) in [6.07, 6.45) is 8.80. The van der Waals surface area contributed by atoms with Crippen molar-refractivity contribution in [3.63, 3.8) is 0 Å². The number of ether oxygens (including phenoxy) is 1. The summed E-state index contributed by atoms with van der Waals surface area (Å²) in [6.45, 7) is 3.84. The SMILES string of the molecule is c1cc(Sc2ccc3nc(N4CCC5(CCOC5)CC4)cnc3n2)c2nc[nH]c2n1. The Kier molecular flexibility index (Phi) is 4.31. The molecule has 2 aliphatic rings. The van der Waals surface area contributed by atoms with E-state index in [1.807, 2.05) is 24.4 Å². The van der Waals surface area contributed by atoms with Crippen LogP contribution in [0.4, 0.5) is 5.82 Å². The number of rotatable bonds is 3. The number of H-pyrrole nitrogens is 1. The highest BCUT2D eigenvalue weighted by Crippen LogP contribution is 2.40. The summed E-state index contributed by atoms with van der Waals surface area (Å²) < 4.78 is 5.64. The van der Waals surface area contributed by atoms with Gasteiger partial charge in [0.05, 0.1) is 19.1 Å². The maximum Gasteiger partial charge on any atom is 0.179 e. The fourth-order valence-electron chi connectivity index (χ4n) is 4.36. The fraction of sp³-hybridized carbons (Fsp3) is 0.381. The van der Waals surface area contributed by atoms with Crippen LogP contribution in [0.3, 0.4) is 0 Å². The lowest BCUT2D eigenvalue weighted by atomic mass is 9.78. The Morgan fingerprint density at radius 3 is 2.83 bits per heavy atom. The number of aromatic amines is 1. The van der Waals surface area contributed by atoms with Gasteiger partial charge >= 0.3 is 0 Å². The minimum atomic E-state index is 0.390. The summed E-state index contributed by atoms with van der Waals surface area (Å²) in [6, 6.07) is 5.94. The fourth-order valence-corrected chi connectivity index (χ4v) is 5.23. The van der Waals surface area contributed by atoms with E-state index in [0.29, 0.717) is 11.1 Å². The molecule has 0 aliphatic carbocycles. The highest BCUT2D eigenvalue weighted by Gasteiger charge is 2.38. The number of hydrogen-bond acceptors (Lipinski definition) is 8. The molecule has 1 spiro atoms. The molecule has 30 heavy (non-hydrogen) atoms.